The number of benzene rings is 1. The Morgan fingerprint density at radius 3 is 2.94 bits per heavy atom. The molecular weight excluding hydrogens is 246 g/mol. The van der Waals surface area contributed by atoms with Gasteiger partial charge in [0.1, 0.15) is 5.82 Å². The zero-order valence-corrected chi connectivity index (χ0v) is 10.2. The van der Waals surface area contributed by atoms with Crippen LogP contribution in [0.3, 0.4) is 0 Å². The molecule has 1 aromatic carbocycles. The van der Waals surface area contributed by atoms with Gasteiger partial charge in [-0.1, -0.05) is 18.5 Å². The third kappa shape index (κ3) is 2.43. The van der Waals surface area contributed by atoms with Crippen LogP contribution in [0.4, 0.5) is 5.69 Å². The molecule has 2 aromatic rings. The van der Waals surface area contributed by atoms with Gasteiger partial charge in [-0.15, -0.1) is 0 Å². The quantitative estimate of drug-likeness (QED) is 0.856. The molecular formula is C10H10ClN3OS. The molecule has 0 spiro atoms. The molecule has 2 N–H and O–H groups in total. The van der Waals surface area contributed by atoms with Gasteiger partial charge in [0.15, 0.2) is 5.75 Å². The van der Waals surface area contributed by atoms with Crippen LogP contribution in [-0.2, 0) is 6.42 Å². The maximum absolute atomic E-state index is 5.79. The lowest BCUT2D eigenvalue weighted by molar-refractivity contribution is 0.479. The Hall–Kier alpha value is -1.33. The number of nitrogen functional groups attached to an aromatic ring is 1. The van der Waals surface area contributed by atoms with Gasteiger partial charge in [-0.3, -0.25) is 0 Å². The number of rotatable bonds is 3. The highest BCUT2D eigenvalue weighted by molar-refractivity contribution is 7.07. The van der Waals surface area contributed by atoms with Crippen LogP contribution in [0.15, 0.2) is 18.2 Å². The van der Waals surface area contributed by atoms with Crippen LogP contribution in [0, 0.1) is 0 Å². The predicted octanol–water partition coefficient (Wildman–Crippen LogP) is 3.13. The number of aromatic nitrogens is 2. The van der Waals surface area contributed by atoms with Gasteiger partial charge >= 0.3 is 0 Å². The minimum Gasteiger partial charge on any atom is -0.428 e. The molecule has 0 aliphatic heterocycles. The molecule has 4 nitrogen and oxygen atoms in total. The second-order valence-electron chi connectivity index (χ2n) is 3.11. The van der Waals surface area contributed by atoms with Crippen molar-refractivity contribution < 1.29 is 4.74 Å². The molecule has 6 heteroatoms. The molecule has 0 saturated heterocycles. The monoisotopic (exact) mass is 255 g/mol. The number of halogens is 1. The molecule has 0 unspecified atom stereocenters. The van der Waals surface area contributed by atoms with Gasteiger partial charge in [-0.25, -0.2) is 0 Å². The molecule has 2 rings (SSSR count). The van der Waals surface area contributed by atoms with Crippen molar-refractivity contribution >= 4 is 28.8 Å². The van der Waals surface area contributed by atoms with Crippen molar-refractivity contribution in [2.45, 2.75) is 13.3 Å². The van der Waals surface area contributed by atoms with Crippen LogP contribution in [0.5, 0.6) is 10.9 Å². The van der Waals surface area contributed by atoms with Crippen LogP contribution < -0.4 is 10.5 Å². The summed E-state index contributed by atoms with van der Waals surface area (Å²) in [6.45, 7) is 1.99. The van der Waals surface area contributed by atoms with E-state index in [4.69, 9.17) is 22.1 Å². The molecule has 1 aromatic heterocycles. The van der Waals surface area contributed by atoms with Gasteiger partial charge in [0, 0.05) is 23.0 Å². The Morgan fingerprint density at radius 1 is 1.50 bits per heavy atom. The number of hydrogen-bond acceptors (Lipinski definition) is 5. The fraction of sp³-hybridized carbons (Fsp3) is 0.200. The van der Waals surface area contributed by atoms with E-state index < -0.39 is 0 Å². The number of anilines is 1. The van der Waals surface area contributed by atoms with Crippen molar-refractivity contribution in [3.63, 3.8) is 0 Å². The van der Waals surface area contributed by atoms with Crippen molar-refractivity contribution in [2.24, 2.45) is 0 Å². The molecule has 0 fully saturated rings. The summed E-state index contributed by atoms with van der Waals surface area (Å²) in [5.74, 6) is 1.32. The lowest BCUT2D eigenvalue weighted by atomic mass is 10.3. The van der Waals surface area contributed by atoms with E-state index in [1.54, 1.807) is 18.2 Å². The molecule has 0 radical (unpaired) electrons. The van der Waals surface area contributed by atoms with E-state index in [9.17, 15) is 0 Å². The summed E-state index contributed by atoms with van der Waals surface area (Å²) < 4.78 is 9.62. The van der Waals surface area contributed by atoms with Crippen LogP contribution >= 0.6 is 23.1 Å². The van der Waals surface area contributed by atoms with Gasteiger partial charge in [0.25, 0.3) is 5.19 Å². The fourth-order valence-electron chi connectivity index (χ4n) is 1.13. The standard InChI is InChI=1S/C10H10ClN3OS/c1-2-9-13-10(16-14-9)15-8-4-3-6(11)5-7(8)12/h3-5H,2,12H2,1H3. The van der Waals surface area contributed by atoms with Crippen molar-refractivity contribution in [2.75, 3.05) is 5.73 Å². The van der Waals surface area contributed by atoms with Gasteiger partial charge in [0.05, 0.1) is 5.69 Å². The highest BCUT2D eigenvalue weighted by atomic mass is 35.5. The minimum absolute atomic E-state index is 0.487. The lowest BCUT2D eigenvalue weighted by Crippen LogP contribution is -1.91. The van der Waals surface area contributed by atoms with E-state index in [0.717, 1.165) is 12.2 Å². The molecule has 16 heavy (non-hydrogen) atoms. The Morgan fingerprint density at radius 2 is 2.31 bits per heavy atom. The van der Waals surface area contributed by atoms with Crippen LogP contribution in [0.1, 0.15) is 12.7 Å². The Balaban J connectivity index is 2.20. The smallest absolute Gasteiger partial charge is 0.298 e. The summed E-state index contributed by atoms with van der Waals surface area (Å²) in [5, 5.41) is 1.07. The summed E-state index contributed by atoms with van der Waals surface area (Å²) in [6.07, 6.45) is 0.788. The Bertz CT molecular complexity index is 501. The number of nitrogens with zero attached hydrogens (tertiary/aromatic N) is 2. The van der Waals surface area contributed by atoms with E-state index in [1.807, 2.05) is 6.92 Å². The number of hydrogen-bond donors (Lipinski definition) is 1. The summed E-state index contributed by atoms with van der Waals surface area (Å²) in [6, 6.07) is 5.07. The topological polar surface area (TPSA) is 61.0 Å². The number of ether oxygens (including phenoxy) is 1. The highest BCUT2D eigenvalue weighted by Crippen LogP contribution is 2.30. The van der Waals surface area contributed by atoms with E-state index in [1.165, 1.54) is 11.5 Å². The summed E-state index contributed by atoms with van der Waals surface area (Å²) in [7, 11) is 0. The first-order valence-corrected chi connectivity index (χ1v) is 5.89. The van der Waals surface area contributed by atoms with Gasteiger partial charge < -0.3 is 10.5 Å². The Labute approximate surface area is 102 Å². The van der Waals surface area contributed by atoms with E-state index >= 15 is 0 Å². The number of nitrogens with two attached hydrogens (primary N) is 1. The predicted molar refractivity (Wildman–Crippen MR) is 65.2 cm³/mol. The summed E-state index contributed by atoms with van der Waals surface area (Å²) in [4.78, 5) is 4.18. The largest absolute Gasteiger partial charge is 0.428 e. The van der Waals surface area contributed by atoms with Crippen molar-refractivity contribution in [1.82, 2.24) is 9.36 Å². The normalized spacial score (nSPS) is 10.4. The average molecular weight is 256 g/mol. The van der Waals surface area contributed by atoms with Crippen LogP contribution in [-0.4, -0.2) is 9.36 Å². The van der Waals surface area contributed by atoms with Gasteiger partial charge in [0.2, 0.25) is 0 Å². The van der Waals surface area contributed by atoms with Crippen LogP contribution in [0.25, 0.3) is 0 Å². The molecule has 0 amide bonds. The molecule has 0 bridgehead atoms. The molecule has 0 aliphatic carbocycles. The van der Waals surface area contributed by atoms with E-state index in [0.29, 0.717) is 21.7 Å². The third-order valence-electron chi connectivity index (χ3n) is 1.93. The lowest BCUT2D eigenvalue weighted by Gasteiger charge is -2.04. The summed E-state index contributed by atoms with van der Waals surface area (Å²) >= 11 is 7.00. The molecule has 84 valence electrons. The molecule has 1 heterocycles. The van der Waals surface area contributed by atoms with Gasteiger partial charge in [-0.2, -0.15) is 9.36 Å². The van der Waals surface area contributed by atoms with E-state index in [-0.39, 0.29) is 0 Å². The number of aryl methyl sites for hydroxylation is 1. The van der Waals surface area contributed by atoms with Crippen molar-refractivity contribution in [3.05, 3.63) is 29.0 Å². The van der Waals surface area contributed by atoms with Gasteiger partial charge in [-0.05, 0) is 18.2 Å². The third-order valence-corrected chi connectivity index (χ3v) is 2.80. The second-order valence-corrected chi connectivity index (χ2v) is 4.27. The Kier molecular flexibility index (Phi) is 3.26. The maximum atomic E-state index is 5.79. The first-order valence-electron chi connectivity index (χ1n) is 4.74. The minimum atomic E-state index is 0.487. The first kappa shape index (κ1) is 11.2. The first-order chi connectivity index (χ1) is 7.69. The average Bonchev–Trinajstić information content (AvgIpc) is 2.70. The SMILES string of the molecule is CCc1nsc(Oc2ccc(Cl)cc2N)n1. The van der Waals surface area contributed by atoms with E-state index in [2.05, 4.69) is 9.36 Å². The van der Waals surface area contributed by atoms with Crippen LogP contribution in [0.2, 0.25) is 5.02 Å². The molecule has 0 saturated carbocycles. The van der Waals surface area contributed by atoms with Crippen molar-refractivity contribution in [1.29, 1.82) is 0 Å². The zero-order valence-electron chi connectivity index (χ0n) is 8.61. The fourth-order valence-corrected chi connectivity index (χ4v) is 1.94. The maximum Gasteiger partial charge on any atom is 0.298 e. The zero-order chi connectivity index (χ0) is 11.5. The second kappa shape index (κ2) is 4.67. The summed E-state index contributed by atoms with van der Waals surface area (Å²) in [5.41, 5.74) is 6.24. The molecule has 0 aliphatic rings. The molecule has 0 atom stereocenters. The highest BCUT2D eigenvalue weighted by Gasteiger charge is 2.07. The van der Waals surface area contributed by atoms with Crippen molar-refractivity contribution in [3.8, 4) is 10.9 Å².